The molecule has 0 unspecified atom stereocenters. The third kappa shape index (κ3) is 3.46. The van der Waals surface area contributed by atoms with E-state index in [1.165, 1.54) is 4.31 Å². The lowest BCUT2D eigenvalue weighted by molar-refractivity contribution is -0.00487. The van der Waals surface area contributed by atoms with Gasteiger partial charge in [-0.15, -0.1) is 0 Å². The first kappa shape index (κ1) is 18.8. The van der Waals surface area contributed by atoms with Crippen LogP contribution in [0.4, 0.5) is 0 Å². The Balaban J connectivity index is 1.62. The zero-order valence-corrected chi connectivity index (χ0v) is 16.5. The molecule has 7 nitrogen and oxygen atoms in total. The maximum atomic E-state index is 12.9. The topological polar surface area (TPSA) is 85.5 Å². The summed E-state index contributed by atoms with van der Waals surface area (Å²) in [5, 5.41) is 3.98. The van der Waals surface area contributed by atoms with Crippen LogP contribution in [0.2, 0.25) is 0 Å². The summed E-state index contributed by atoms with van der Waals surface area (Å²) in [4.78, 5) is 4.99. The van der Waals surface area contributed by atoms with Gasteiger partial charge in [0.05, 0.1) is 34.1 Å². The monoisotopic (exact) mass is 399 g/mol. The predicted molar refractivity (Wildman–Crippen MR) is 103 cm³/mol. The van der Waals surface area contributed by atoms with Gasteiger partial charge in [-0.3, -0.25) is 0 Å². The zero-order chi connectivity index (χ0) is 19.7. The number of hydrogen-bond donors (Lipinski definition) is 0. The van der Waals surface area contributed by atoms with E-state index in [-0.39, 0.29) is 11.4 Å². The first-order valence-corrected chi connectivity index (χ1v) is 10.5. The van der Waals surface area contributed by atoms with Crippen molar-refractivity contribution in [2.45, 2.75) is 24.8 Å². The van der Waals surface area contributed by atoms with E-state index >= 15 is 0 Å². The smallest absolute Gasteiger partial charge is 0.243 e. The van der Waals surface area contributed by atoms with Crippen LogP contribution in [-0.2, 0) is 14.8 Å². The molecule has 8 heteroatoms. The Bertz CT molecular complexity index is 1060. The largest absolute Gasteiger partial charge is 0.369 e. The second-order valence-electron chi connectivity index (χ2n) is 6.68. The summed E-state index contributed by atoms with van der Waals surface area (Å²) in [6.45, 7) is 4.56. The lowest BCUT2D eigenvalue weighted by Crippen LogP contribution is -2.42. The fourth-order valence-electron chi connectivity index (χ4n) is 3.38. The Morgan fingerprint density at radius 2 is 1.86 bits per heavy atom. The Labute approximate surface area is 164 Å². The highest BCUT2D eigenvalue weighted by molar-refractivity contribution is 7.89. The second kappa shape index (κ2) is 7.46. The van der Waals surface area contributed by atoms with Crippen LogP contribution in [0, 0.1) is 13.8 Å². The molecule has 4 rings (SSSR count). The molecule has 1 atom stereocenters. The van der Waals surface area contributed by atoms with Crippen molar-refractivity contribution >= 4 is 10.0 Å². The van der Waals surface area contributed by atoms with Gasteiger partial charge in [0.15, 0.2) is 0 Å². The van der Waals surface area contributed by atoms with Crippen molar-refractivity contribution in [3.05, 3.63) is 65.7 Å². The molecule has 1 saturated heterocycles. The molecule has 3 heterocycles. The molecular formula is C20H21N3O4S. The van der Waals surface area contributed by atoms with Gasteiger partial charge in [-0.05, 0) is 38.1 Å². The summed E-state index contributed by atoms with van der Waals surface area (Å²) in [6.07, 6.45) is -0.437. The molecule has 146 valence electrons. The fourth-order valence-corrected chi connectivity index (χ4v) is 4.83. The van der Waals surface area contributed by atoms with Crippen LogP contribution in [0.25, 0.3) is 11.3 Å². The molecule has 2 aromatic heterocycles. The van der Waals surface area contributed by atoms with Gasteiger partial charge in [0, 0.05) is 13.1 Å². The van der Waals surface area contributed by atoms with E-state index in [9.17, 15) is 8.42 Å². The number of rotatable bonds is 4. The maximum absolute atomic E-state index is 12.9. The number of pyridine rings is 1. The molecule has 1 aliphatic heterocycles. The molecule has 0 saturated carbocycles. The van der Waals surface area contributed by atoms with E-state index in [0.717, 1.165) is 17.0 Å². The van der Waals surface area contributed by atoms with Crippen LogP contribution in [-0.4, -0.2) is 42.6 Å². The molecule has 1 aliphatic rings. The predicted octanol–water partition coefficient (Wildman–Crippen LogP) is 3.12. The van der Waals surface area contributed by atoms with E-state index in [0.29, 0.717) is 24.6 Å². The Morgan fingerprint density at radius 3 is 2.57 bits per heavy atom. The van der Waals surface area contributed by atoms with Gasteiger partial charge in [0.1, 0.15) is 11.9 Å². The van der Waals surface area contributed by atoms with E-state index in [1.54, 1.807) is 30.3 Å². The van der Waals surface area contributed by atoms with Crippen LogP contribution in [0.15, 0.2) is 57.9 Å². The average Bonchev–Trinajstić information content (AvgIpc) is 3.07. The number of benzene rings is 1. The van der Waals surface area contributed by atoms with Crippen LogP contribution in [0.1, 0.15) is 23.3 Å². The van der Waals surface area contributed by atoms with E-state index in [4.69, 9.17) is 14.2 Å². The maximum Gasteiger partial charge on any atom is 0.243 e. The van der Waals surface area contributed by atoms with Gasteiger partial charge in [-0.1, -0.05) is 29.4 Å². The van der Waals surface area contributed by atoms with Crippen molar-refractivity contribution in [1.29, 1.82) is 0 Å². The summed E-state index contributed by atoms with van der Waals surface area (Å²) in [7, 11) is -3.57. The summed E-state index contributed by atoms with van der Waals surface area (Å²) in [5.41, 5.74) is 3.04. The minimum atomic E-state index is -3.57. The minimum Gasteiger partial charge on any atom is -0.369 e. The standard InChI is InChI=1S/C20H21N3O4S/c1-14-20(15(2)27-22-14)18-10-6-9-17(21-18)19-13-23(11-12-26-19)28(24,25)16-7-4-3-5-8-16/h3-10,19H,11-13H2,1-2H3/t19-/m1/s1. The Hall–Kier alpha value is -2.55. The van der Waals surface area contributed by atoms with Crippen molar-refractivity contribution in [3.63, 3.8) is 0 Å². The Kier molecular flexibility index (Phi) is 5.01. The molecule has 0 spiro atoms. The number of aryl methyl sites for hydroxylation is 2. The average molecular weight is 399 g/mol. The van der Waals surface area contributed by atoms with Crippen molar-refractivity contribution in [2.75, 3.05) is 19.7 Å². The minimum absolute atomic E-state index is 0.218. The van der Waals surface area contributed by atoms with Crippen LogP contribution in [0.3, 0.4) is 0 Å². The molecule has 28 heavy (non-hydrogen) atoms. The summed E-state index contributed by atoms with van der Waals surface area (Å²) in [5.74, 6) is 0.694. The second-order valence-corrected chi connectivity index (χ2v) is 8.62. The van der Waals surface area contributed by atoms with Crippen molar-refractivity contribution in [3.8, 4) is 11.3 Å². The first-order chi connectivity index (χ1) is 13.5. The molecule has 3 aromatic rings. The lowest BCUT2D eigenvalue weighted by Gasteiger charge is -2.32. The molecule has 1 aromatic carbocycles. The SMILES string of the molecule is Cc1noc(C)c1-c1cccc([C@H]2CN(S(=O)(=O)c3ccccc3)CCO2)n1. The fraction of sp³-hybridized carbons (Fsp3) is 0.300. The van der Waals surface area contributed by atoms with Gasteiger partial charge in [0.25, 0.3) is 0 Å². The highest BCUT2D eigenvalue weighted by Crippen LogP contribution is 2.29. The van der Waals surface area contributed by atoms with Gasteiger partial charge < -0.3 is 9.26 Å². The van der Waals surface area contributed by atoms with Crippen molar-refractivity contribution in [1.82, 2.24) is 14.4 Å². The third-order valence-electron chi connectivity index (χ3n) is 4.80. The molecule has 0 radical (unpaired) electrons. The molecule has 0 N–H and O–H groups in total. The number of sulfonamides is 1. The molecule has 0 aliphatic carbocycles. The summed E-state index contributed by atoms with van der Waals surface area (Å²) < 4.78 is 38.4. The van der Waals surface area contributed by atoms with Crippen LogP contribution in [0.5, 0.6) is 0 Å². The van der Waals surface area contributed by atoms with Gasteiger partial charge in [0.2, 0.25) is 10.0 Å². The van der Waals surface area contributed by atoms with Gasteiger partial charge in [-0.2, -0.15) is 4.31 Å². The number of ether oxygens (including phenoxy) is 1. The van der Waals surface area contributed by atoms with Gasteiger partial charge in [-0.25, -0.2) is 13.4 Å². The Morgan fingerprint density at radius 1 is 1.07 bits per heavy atom. The number of hydrogen-bond acceptors (Lipinski definition) is 6. The summed E-state index contributed by atoms with van der Waals surface area (Å²) >= 11 is 0. The summed E-state index contributed by atoms with van der Waals surface area (Å²) in [6, 6.07) is 14.1. The van der Waals surface area contributed by atoms with Crippen LogP contribution >= 0.6 is 0 Å². The number of aromatic nitrogens is 2. The zero-order valence-electron chi connectivity index (χ0n) is 15.7. The van der Waals surface area contributed by atoms with Crippen molar-refractivity contribution in [2.24, 2.45) is 0 Å². The highest BCUT2D eigenvalue weighted by Gasteiger charge is 2.32. The van der Waals surface area contributed by atoms with Gasteiger partial charge >= 0.3 is 0 Å². The van der Waals surface area contributed by atoms with E-state index in [1.807, 2.05) is 32.0 Å². The molecule has 0 bridgehead atoms. The molecule has 0 amide bonds. The molecule has 1 fully saturated rings. The third-order valence-corrected chi connectivity index (χ3v) is 6.68. The number of nitrogens with zero attached hydrogens (tertiary/aromatic N) is 3. The van der Waals surface area contributed by atoms with Crippen molar-refractivity contribution < 1.29 is 17.7 Å². The normalized spacial score (nSPS) is 18.3. The quantitative estimate of drug-likeness (QED) is 0.670. The first-order valence-electron chi connectivity index (χ1n) is 9.04. The number of morpholine rings is 1. The lowest BCUT2D eigenvalue weighted by atomic mass is 10.1. The molecular weight excluding hydrogens is 378 g/mol. The highest BCUT2D eigenvalue weighted by atomic mass is 32.2. The van der Waals surface area contributed by atoms with E-state index in [2.05, 4.69) is 5.16 Å². The van der Waals surface area contributed by atoms with E-state index < -0.39 is 16.1 Å². The van der Waals surface area contributed by atoms with Crippen LogP contribution < -0.4 is 0 Å².